The molecule has 0 unspecified atom stereocenters. The SMILES string of the molecule is CF.Cc1ccc(-c2ccn(-c3ccc4c(cnn4CCCO)c3)c(=O)c2)cc1. The highest BCUT2D eigenvalue weighted by Gasteiger charge is 2.07. The summed E-state index contributed by atoms with van der Waals surface area (Å²) in [5.41, 5.74) is 4.88. The van der Waals surface area contributed by atoms with Gasteiger partial charge in [0.2, 0.25) is 0 Å². The van der Waals surface area contributed by atoms with Crippen LogP contribution < -0.4 is 5.56 Å². The first-order valence-electron chi connectivity index (χ1n) is 9.40. The van der Waals surface area contributed by atoms with Crippen LogP contribution in [0.25, 0.3) is 27.7 Å². The monoisotopic (exact) mass is 393 g/mol. The molecular formula is C23H24FN3O2. The zero-order chi connectivity index (χ0) is 20.8. The van der Waals surface area contributed by atoms with Crippen molar-refractivity contribution >= 4 is 10.9 Å². The predicted octanol–water partition coefficient (Wildman–Crippen LogP) is 4.13. The first kappa shape index (κ1) is 20.5. The number of hydrogen-bond acceptors (Lipinski definition) is 3. The van der Waals surface area contributed by atoms with Crippen molar-refractivity contribution in [3.63, 3.8) is 0 Å². The molecule has 5 nitrogen and oxygen atoms in total. The van der Waals surface area contributed by atoms with Gasteiger partial charge in [0.1, 0.15) is 0 Å². The summed E-state index contributed by atoms with van der Waals surface area (Å²) < 4.78 is 13.0. The molecule has 0 spiro atoms. The molecule has 0 radical (unpaired) electrons. The van der Waals surface area contributed by atoms with E-state index in [-0.39, 0.29) is 12.2 Å². The Kier molecular flexibility index (Phi) is 6.57. The fraction of sp³-hybridized carbons (Fsp3) is 0.217. The Labute approximate surface area is 168 Å². The topological polar surface area (TPSA) is 60.1 Å². The summed E-state index contributed by atoms with van der Waals surface area (Å²) >= 11 is 0. The molecule has 0 saturated heterocycles. The van der Waals surface area contributed by atoms with Gasteiger partial charge in [0.25, 0.3) is 5.56 Å². The van der Waals surface area contributed by atoms with Crippen molar-refractivity contribution in [2.45, 2.75) is 19.9 Å². The number of aliphatic hydroxyl groups excluding tert-OH is 1. The predicted molar refractivity (Wildman–Crippen MR) is 114 cm³/mol. The lowest BCUT2D eigenvalue weighted by molar-refractivity contribution is 0.278. The van der Waals surface area contributed by atoms with Crippen LogP contribution in [0.1, 0.15) is 12.0 Å². The van der Waals surface area contributed by atoms with Crippen LogP contribution >= 0.6 is 0 Å². The molecule has 0 fully saturated rings. The molecule has 6 heteroatoms. The van der Waals surface area contributed by atoms with Crippen molar-refractivity contribution in [1.82, 2.24) is 14.3 Å². The molecule has 0 amide bonds. The molecule has 0 aliphatic heterocycles. The van der Waals surface area contributed by atoms with Crippen LogP contribution in [0.2, 0.25) is 0 Å². The third-order valence-corrected chi connectivity index (χ3v) is 4.74. The summed E-state index contributed by atoms with van der Waals surface area (Å²) in [6, 6.07) is 17.6. The van der Waals surface area contributed by atoms with Gasteiger partial charge in [0.15, 0.2) is 0 Å². The van der Waals surface area contributed by atoms with E-state index < -0.39 is 0 Å². The summed E-state index contributed by atoms with van der Waals surface area (Å²) in [4.78, 5) is 12.7. The average Bonchev–Trinajstić information content (AvgIpc) is 3.16. The fourth-order valence-electron chi connectivity index (χ4n) is 3.24. The molecule has 0 atom stereocenters. The number of halogens is 1. The van der Waals surface area contributed by atoms with Crippen LogP contribution in [0.4, 0.5) is 4.39 Å². The van der Waals surface area contributed by atoms with Crippen molar-refractivity contribution in [2.24, 2.45) is 0 Å². The number of rotatable bonds is 5. The Morgan fingerprint density at radius 3 is 2.45 bits per heavy atom. The third-order valence-electron chi connectivity index (χ3n) is 4.74. The maximum atomic E-state index is 12.7. The standard InChI is InChI=1S/C22H21N3O2.CH3F/c1-16-3-5-17(6-4-16)18-9-11-24(22(27)14-18)20-7-8-21-19(13-20)15-23-25(21)10-2-12-26;1-2/h3-9,11,13-15,26H,2,10,12H2,1H3;1H3. The van der Waals surface area contributed by atoms with Gasteiger partial charge in [-0.05, 0) is 48.7 Å². The van der Waals surface area contributed by atoms with E-state index >= 15 is 0 Å². The highest BCUT2D eigenvalue weighted by Crippen LogP contribution is 2.21. The van der Waals surface area contributed by atoms with E-state index in [2.05, 4.69) is 5.10 Å². The van der Waals surface area contributed by atoms with Crippen LogP contribution in [0.3, 0.4) is 0 Å². The number of fused-ring (bicyclic) bond motifs is 1. The molecule has 4 aromatic rings. The van der Waals surface area contributed by atoms with Crippen LogP contribution in [0.5, 0.6) is 0 Å². The van der Waals surface area contributed by atoms with Gasteiger partial charge in [-0.1, -0.05) is 29.8 Å². The second kappa shape index (κ2) is 9.30. The third kappa shape index (κ3) is 4.43. The summed E-state index contributed by atoms with van der Waals surface area (Å²) in [5.74, 6) is 0. The summed E-state index contributed by atoms with van der Waals surface area (Å²) in [7, 11) is 0.500. The second-order valence-corrected chi connectivity index (χ2v) is 6.68. The number of hydrogen-bond donors (Lipinski definition) is 1. The van der Waals surface area contributed by atoms with Crippen LogP contribution in [0.15, 0.2) is 71.8 Å². The largest absolute Gasteiger partial charge is 0.396 e. The van der Waals surface area contributed by atoms with Crippen LogP contribution in [-0.2, 0) is 6.54 Å². The van der Waals surface area contributed by atoms with Gasteiger partial charge in [-0.25, -0.2) is 0 Å². The summed E-state index contributed by atoms with van der Waals surface area (Å²) in [6.45, 7) is 2.86. The molecule has 2 aromatic carbocycles. The second-order valence-electron chi connectivity index (χ2n) is 6.68. The Hall–Kier alpha value is -3.25. The van der Waals surface area contributed by atoms with Crippen LogP contribution in [0, 0.1) is 6.92 Å². The molecule has 0 saturated carbocycles. The number of aliphatic hydroxyl groups is 1. The lowest BCUT2D eigenvalue weighted by Gasteiger charge is -2.09. The minimum Gasteiger partial charge on any atom is -0.396 e. The van der Waals surface area contributed by atoms with E-state index in [0.717, 1.165) is 27.7 Å². The quantitative estimate of drug-likeness (QED) is 0.555. The summed E-state index contributed by atoms with van der Waals surface area (Å²) in [6.07, 6.45) is 4.27. The van der Waals surface area contributed by atoms with E-state index in [0.29, 0.717) is 20.1 Å². The highest BCUT2D eigenvalue weighted by molar-refractivity contribution is 5.81. The first-order chi connectivity index (χ1) is 14.2. The zero-order valence-corrected chi connectivity index (χ0v) is 16.5. The van der Waals surface area contributed by atoms with Gasteiger partial charge in [-0.15, -0.1) is 0 Å². The molecule has 2 heterocycles. The minimum atomic E-state index is -0.0694. The smallest absolute Gasteiger partial charge is 0.255 e. The Balaban J connectivity index is 0.00000117. The van der Waals surface area contributed by atoms with Gasteiger partial charge >= 0.3 is 0 Å². The summed E-state index contributed by atoms with van der Waals surface area (Å²) in [5, 5.41) is 14.3. The maximum Gasteiger partial charge on any atom is 0.255 e. The lowest BCUT2D eigenvalue weighted by Crippen LogP contribution is -2.16. The number of benzene rings is 2. The van der Waals surface area contributed by atoms with Gasteiger partial charge in [-0.2, -0.15) is 5.10 Å². The van der Waals surface area contributed by atoms with Crippen LogP contribution in [-0.4, -0.2) is 33.2 Å². The van der Waals surface area contributed by atoms with E-state index in [4.69, 9.17) is 5.11 Å². The number of aryl methyl sites for hydroxylation is 2. The van der Waals surface area contributed by atoms with Crippen molar-refractivity contribution in [1.29, 1.82) is 0 Å². The molecule has 29 heavy (non-hydrogen) atoms. The fourth-order valence-corrected chi connectivity index (χ4v) is 3.24. The first-order valence-corrected chi connectivity index (χ1v) is 9.40. The van der Waals surface area contributed by atoms with Crippen molar-refractivity contribution < 1.29 is 9.50 Å². The van der Waals surface area contributed by atoms with E-state index in [1.54, 1.807) is 16.8 Å². The average molecular weight is 393 g/mol. The number of pyridine rings is 1. The lowest BCUT2D eigenvalue weighted by atomic mass is 10.1. The zero-order valence-electron chi connectivity index (χ0n) is 16.5. The van der Waals surface area contributed by atoms with Gasteiger partial charge < -0.3 is 5.11 Å². The Morgan fingerprint density at radius 1 is 1.00 bits per heavy atom. The van der Waals surface area contributed by atoms with Crippen molar-refractivity contribution in [3.8, 4) is 16.8 Å². The van der Waals surface area contributed by atoms with Gasteiger partial charge in [-0.3, -0.25) is 18.4 Å². The molecular weight excluding hydrogens is 369 g/mol. The number of alkyl halides is 1. The molecule has 4 rings (SSSR count). The molecule has 0 bridgehead atoms. The minimum absolute atomic E-state index is 0.0694. The molecule has 1 N–H and O–H groups in total. The highest BCUT2D eigenvalue weighted by atomic mass is 19.1. The molecule has 2 aromatic heterocycles. The normalized spacial score (nSPS) is 10.6. The number of aromatic nitrogens is 3. The molecule has 150 valence electrons. The maximum absolute atomic E-state index is 12.7. The van der Waals surface area contributed by atoms with Crippen molar-refractivity contribution in [2.75, 3.05) is 13.8 Å². The van der Waals surface area contributed by atoms with E-state index in [9.17, 15) is 9.18 Å². The van der Waals surface area contributed by atoms with Crippen molar-refractivity contribution in [3.05, 3.63) is 82.9 Å². The Morgan fingerprint density at radius 2 is 1.76 bits per heavy atom. The molecule has 0 aliphatic carbocycles. The Bertz CT molecular complexity index is 1150. The van der Waals surface area contributed by atoms with E-state index in [1.807, 2.05) is 66.3 Å². The van der Waals surface area contributed by atoms with Gasteiger partial charge in [0.05, 0.1) is 18.9 Å². The molecule has 0 aliphatic rings. The number of nitrogens with zero attached hydrogens (tertiary/aromatic N) is 3. The van der Waals surface area contributed by atoms with Gasteiger partial charge in [0, 0.05) is 36.5 Å². The van der Waals surface area contributed by atoms with E-state index in [1.165, 1.54) is 5.56 Å².